The summed E-state index contributed by atoms with van der Waals surface area (Å²) in [6.45, 7) is 0. The summed E-state index contributed by atoms with van der Waals surface area (Å²) < 4.78 is 2.70. The lowest BCUT2D eigenvalue weighted by Gasteiger charge is -2.61. The number of para-hydroxylation sites is 1. The van der Waals surface area contributed by atoms with Crippen LogP contribution >= 0.6 is 11.3 Å². The normalized spacial score (nSPS) is 26.7. The van der Waals surface area contributed by atoms with Gasteiger partial charge < -0.3 is 4.90 Å². The highest BCUT2D eigenvalue weighted by atomic mass is 32.1. The average Bonchev–Trinajstić information content (AvgIpc) is 3.54. The van der Waals surface area contributed by atoms with Crippen molar-refractivity contribution in [2.24, 2.45) is 23.7 Å². The Morgan fingerprint density at radius 1 is 0.548 bits per heavy atom. The lowest BCUT2D eigenvalue weighted by atomic mass is 9.43. The molecule has 2 heteroatoms. The highest BCUT2D eigenvalue weighted by Gasteiger charge is 2.61. The third kappa shape index (κ3) is 3.04. The van der Waals surface area contributed by atoms with Crippen molar-refractivity contribution >= 4 is 48.6 Å². The van der Waals surface area contributed by atoms with Crippen molar-refractivity contribution in [2.75, 3.05) is 4.90 Å². The Kier molecular flexibility index (Phi) is 4.83. The molecule has 11 rings (SSSR count). The molecule has 1 heterocycles. The van der Waals surface area contributed by atoms with Crippen molar-refractivity contribution in [3.05, 3.63) is 126 Å². The third-order valence-corrected chi connectivity index (χ3v) is 12.6. The number of benzene rings is 5. The molecule has 1 spiro atoms. The van der Waals surface area contributed by atoms with Crippen molar-refractivity contribution in [3.63, 3.8) is 0 Å². The van der Waals surface area contributed by atoms with Gasteiger partial charge in [0, 0.05) is 42.5 Å². The van der Waals surface area contributed by atoms with E-state index in [1.165, 1.54) is 80.5 Å². The first-order valence-corrected chi connectivity index (χ1v) is 16.6. The molecule has 42 heavy (non-hydrogen) atoms. The predicted octanol–water partition coefficient (Wildman–Crippen LogP) is 11.2. The molecule has 4 saturated carbocycles. The average molecular weight is 560 g/mol. The van der Waals surface area contributed by atoms with Gasteiger partial charge in [-0.15, -0.1) is 11.3 Å². The van der Waals surface area contributed by atoms with Gasteiger partial charge in [-0.2, -0.15) is 0 Å². The Morgan fingerprint density at radius 2 is 1.24 bits per heavy atom. The Bertz CT molecular complexity index is 1990. The zero-order valence-electron chi connectivity index (χ0n) is 23.7. The van der Waals surface area contributed by atoms with Gasteiger partial charge in [0.05, 0.1) is 5.69 Å². The molecule has 204 valence electrons. The van der Waals surface area contributed by atoms with E-state index in [1.54, 1.807) is 11.1 Å². The summed E-state index contributed by atoms with van der Waals surface area (Å²) in [5.41, 5.74) is 10.1. The second-order valence-electron chi connectivity index (χ2n) is 13.4. The highest BCUT2D eigenvalue weighted by molar-refractivity contribution is 7.25. The standard InChI is InChI=1S/C40H33NS/c1-2-9-29(10-3-1)41(30-17-18-32-31-11-5-7-16-37(31)42-38(32)24-30)36-15-8-14-35-39(36)33-12-4-6-13-34(33)40(35)27-20-25-19-26(22-27)23-28(40)21-25/h1-18,24-28H,19-23H2. The number of anilines is 3. The summed E-state index contributed by atoms with van der Waals surface area (Å²) >= 11 is 1.90. The van der Waals surface area contributed by atoms with Gasteiger partial charge in [0.15, 0.2) is 0 Å². The zero-order valence-corrected chi connectivity index (χ0v) is 24.5. The van der Waals surface area contributed by atoms with Crippen LogP contribution in [0.1, 0.15) is 43.2 Å². The van der Waals surface area contributed by atoms with E-state index in [0.717, 1.165) is 23.7 Å². The maximum Gasteiger partial charge on any atom is 0.0543 e. The molecule has 0 N–H and O–H groups in total. The van der Waals surface area contributed by atoms with Crippen molar-refractivity contribution in [1.29, 1.82) is 0 Å². The molecule has 6 aromatic rings. The first-order valence-electron chi connectivity index (χ1n) is 15.8. The number of hydrogen-bond acceptors (Lipinski definition) is 2. The number of rotatable bonds is 3. The minimum Gasteiger partial charge on any atom is -0.310 e. The molecule has 1 nitrogen and oxygen atoms in total. The smallest absolute Gasteiger partial charge is 0.0543 e. The Balaban J connectivity index is 1.23. The van der Waals surface area contributed by atoms with Crippen LogP contribution in [0.4, 0.5) is 17.1 Å². The fourth-order valence-electron chi connectivity index (χ4n) is 10.2. The third-order valence-electron chi connectivity index (χ3n) is 11.4. The van der Waals surface area contributed by atoms with Crippen LogP contribution in [0.25, 0.3) is 31.3 Å². The highest BCUT2D eigenvalue weighted by Crippen LogP contribution is 2.70. The van der Waals surface area contributed by atoms with Gasteiger partial charge in [0.25, 0.3) is 0 Å². The first-order chi connectivity index (χ1) is 20.8. The molecule has 5 aliphatic carbocycles. The molecule has 5 aliphatic rings. The van der Waals surface area contributed by atoms with Gasteiger partial charge in [-0.1, -0.05) is 78.9 Å². The van der Waals surface area contributed by atoms with Crippen LogP contribution in [0.2, 0.25) is 0 Å². The minimum atomic E-state index is 0.174. The molecule has 4 fully saturated rings. The lowest BCUT2D eigenvalue weighted by Crippen LogP contribution is -2.55. The van der Waals surface area contributed by atoms with Gasteiger partial charge in [-0.3, -0.25) is 0 Å². The Hall–Kier alpha value is -3.88. The van der Waals surface area contributed by atoms with E-state index in [2.05, 4.69) is 120 Å². The fourth-order valence-corrected chi connectivity index (χ4v) is 11.4. The van der Waals surface area contributed by atoms with Crippen molar-refractivity contribution < 1.29 is 0 Å². The maximum atomic E-state index is 2.54. The van der Waals surface area contributed by atoms with E-state index in [4.69, 9.17) is 0 Å². The van der Waals surface area contributed by atoms with Crippen LogP contribution in [-0.2, 0) is 5.41 Å². The van der Waals surface area contributed by atoms with Gasteiger partial charge in [-0.25, -0.2) is 0 Å². The van der Waals surface area contributed by atoms with E-state index in [-0.39, 0.29) is 5.41 Å². The molecule has 0 radical (unpaired) electrons. The van der Waals surface area contributed by atoms with Gasteiger partial charge >= 0.3 is 0 Å². The van der Waals surface area contributed by atoms with Crippen molar-refractivity contribution in [2.45, 2.75) is 37.5 Å². The quantitative estimate of drug-likeness (QED) is 0.208. The number of thiophene rings is 1. The molecule has 1 aromatic heterocycles. The summed E-state index contributed by atoms with van der Waals surface area (Å²) in [6, 6.07) is 43.7. The van der Waals surface area contributed by atoms with Gasteiger partial charge in [0.1, 0.15) is 0 Å². The van der Waals surface area contributed by atoms with Gasteiger partial charge in [0.2, 0.25) is 0 Å². The molecule has 0 atom stereocenters. The first kappa shape index (κ1) is 23.7. The Labute approximate surface area is 251 Å². The molecule has 5 aromatic carbocycles. The summed E-state index contributed by atoms with van der Waals surface area (Å²) in [7, 11) is 0. The van der Waals surface area contributed by atoms with E-state index in [9.17, 15) is 0 Å². The molecule has 4 bridgehead atoms. The number of fused-ring (bicyclic) bond motifs is 6. The fraction of sp³-hybridized carbons (Fsp3) is 0.250. The van der Waals surface area contributed by atoms with Crippen LogP contribution in [0, 0.1) is 23.7 Å². The van der Waals surface area contributed by atoms with Crippen LogP contribution in [-0.4, -0.2) is 0 Å². The number of hydrogen-bond donors (Lipinski definition) is 0. The topological polar surface area (TPSA) is 3.24 Å². The molecular weight excluding hydrogens is 527 g/mol. The minimum absolute atomic E-state index is 0.174. The van der Waals surface area contributed by atoms with E-state index >= 15 is 0 Å². The molecule has 0 aliphatic heterocycles. The summed E-state index contributed by atoms with van der Waals surface area (Å²) in [4.78, 5) is 2.54. The summed E-state index contributed by atoms with van der Waals surface area (Å²) in [6.07, 6.45) is 7.14. The molecule has 0 saturated heterocycles. The Morgan fingerprint density at radius 3 is 2.07 bits per heavy atom. The zero-order chi connectivity index (χ0) is 27.4. The molecular formula is C40H33NS. The van der Waals surface area contributed by atoms with Crippen molar-refractivity contribution in [3.8, 4) is 11.1 Å². The lowest BCUT2D eigenvalue weighted by molar-refractivity contribution is -0.0399. The van der Waals surface area contributed by atoms with E-state index in [0.29, 0.717) is 0 Å². The molecule has 0 unspecified atom stereocenters. The predicted molar refractivity (Wildman–Crippen MR) is 177 cm³/mol. The van der Waals surface area contributed by atoms with Crippen LogP contribution in [0.15, 0.2) is 115 Å². The maximum absolute atomic E-state index is 2.54. The van der Waals surface area contributed by atoms with Crippen LogP contribution in [0.5, 0.6) is 0 Å². The van der Waals surface area contributed by atoms with Crippen LogP contribution < -0.4 is 4.90 Å². The summed E-state index contributed by atoms with van der Waals surface area (Å²) in [5.74, 6) is 3.44. The largest absolute Gasteiger partial charge is 0.310 e. The van der Waals surface area contributed by atoms with Crippen LogP contribution in [0.3, 0.4) is 0 Å². The molecule has 0 amide bonds. The summed E-state index contributed by atoms with van der Waals surface area (Å²) in [5, 5.41) is 2.71. The van der Waals surface area contributed by atoms with Gasteiger partial charge in [-0.05, 0) is 109 Å². The second-order valence-corrected chi connectivity index (χ2v) is 14.5. The van der Waals surface area contributed by atoms with E-state index < -0.39 is 0 Å². The van der Waals surface area contributed by atoms with Crippen molar-refractivity contribution in [1.82, 2.24) is 0 Å². The SMILES string of the molecule is c1ccc(N(c2ccc3c(c2)sc2ccccc23)c2cccc3c2-c2ccccc2C32C3CC4CC(C3)CC2C4)cc1. The second kappa shape index (κ2) is 8.58. The number of nitrogens with zero attached hydrogens (tertiary/aromatic N) is 1. The van der Waals surface area contributed by atoms with E-state index in [1.807, 2.05) is 11.3 Å². The monoisotopic (exact) mass is 559 g/mol.